The van der Waals surface area contributed by atoms with E-state index in [1.807, 2.05) is 0 Å². The highest BCUT2D eigenvalue weighted by Gasteiger charge is 2.34. The minimum atomic E-state index is -3.69. The van der Waals surface area contributed by atoms with E-state index < -0.39 is 10.0 Å². The number of piperidine rings is 1. The van der Waals surface area contributed by atoms with Crippen molar-refractivity contribution >= 4 is 21.6 Å². The first-order chi connectivity index (χ1) is 13.8. The number of aryl methyl sites for hydroxylation is 1. The predicted molar refractivity (Wildman–Crippen MR) is 107 cm³/mol. The fraction of sp³-hybridized carbons (Fsp3) is 0.300. The number of aromatic nitrogens is 2. The van der Waals surface area contributed by atoms with Crippen molar-refractivity contribution < 1.29 is 17.3 Å². The van der Waals surface area contributed by atoms with Gasteiger partial charge in [0, 0.05) is 23.7 Å². The Morgan fingerprint density at radius 3 is 2.72 bits per heavy atom. The van der Waals surface area contributed by atoms with Crippen LogP contribution in [-0.4, -0.2) is 36.0 Å². The quantitative estimate of drug-likeness (QED) is 0.606. The zero-order valence-electron chi connectivity index (χ0n) is 15.7. The molecule has 0 saturated carbocycles. The highest BCUT2D eigenvalue weighted by molar-refractivity contribution is 7.89. The molecule has 0 amide bonds. The number of rotatable bonds is 4. The van der Waals surface area contributed by atoms with Crippen LogP contribution in [0.25, 0.3) is 11.4 Å². The van der Waals surface area contributed by atoms with Crippen LogP contribution in [-0.2, 0) is 10.0 Å². The Bertz CT molecular complexity index is 1130. The highest BCUT2D eigenvalue weighted by atomic mass is 35.5. The third-order valence-corrected chi connectivity index (χ3v) is 7.29. The van der Waals surface area contributed by atoms with Crippen LogP contribution in [0, 0.1) is 12.7 Å². The second-order valence-corrected chi connectivity index (χ2v) is 9.42. The third kappa shape index (κ3) is 4.05. The van der Waals surface area contributed by atoms with Crippen molar-refractivity contribution in [2.45, 2.75) is 30.6 Å². The zero-order chi connectivity index (χ0) is 20.6. The minimum Gasteiger partial charge on any atom is -0.339 e. The summed E-state index contributed by atoms with van der Waals surface area (Å²) in [6.07, 6.45) is 1.42. The van der Waals surface area contributed by atoms with Gasteiger partial charge >= 0.3 is 0 Å². The van der Waals surface area contributed by atoms with Gasteiger partial charge in [-0.3, -0.25) is 0 Å². The summed E-state index contributed by atoms with van der Waals surface area (Å²) in [7, 11) is -3.69. The van der Waals surface area contributed by atoms with Gasteiger partial charge in [0.25, 0.3) is 0 Å². The van der Waals surface area contributed by atoms with E-state index in [2.05, 4.69) is 10.1 Å². The molecular formula is C20H19ClFN3O3S. The molecule has 1 unspecified atom stereocenters. The number of benzene rings is 2. The van der Waals surface area contributed by atoms with Crippen LogP contribution in [0.2, 0.25) is 5.02 Å². The molecule has 0 aliphatic carbocycles. The fourth-order valence-electron chi connectivity index (χ4n) is 3.47. The largest absolute Gasteiger partial charge is 0.339 e. The lowest BCUT2D eigenvalue weighted by molar-refractivity contribution is 0.265. The maximum absolute atomic E-state index is 13.2. The first kappa shape index (κ1) is 20.0. The molecule has 1 aromatic heterocycles. The van der Waals surface area contributed by atoms with E-state index >= 15 is 0 Å². The minimum absolute atomic E-state index is 0.209. The number of hydrogen-bond acceptors (Lipinski definition) is 5. The molecule has 152 valence electrons. The summed E-state index contributed by atoms with van der Waals surface area (Å²) in [6.45, 7) is 2.42. The molecule has 0 spiro atoms. The number of halogens is 2. The molecule has 6 nitrogen and oxygen atoms in total. The molecule has 2 heterocycles. The monoisotopic (exact) mass is 435 g/mol. The second-order valence-electron chi connectivity index (χ2n) is 7.08. The van der Waals surface area contributed by atoms with Gasteiger partial charge < -0.3 is 4.52 Å². The molecule has 1 saturated heterocycles. The van der Waals surface area contributed by atoms with Gasteiger partial charge in [-0.05, 0) is 61.7 Å². The van der Waals surface area contributed by atoms with Crippen molar-refractivity contribution in [2.24, 2.45) is 0 Å². The second kappa shape index (κ2) is 7.85. The van der Waals surface area contributed by atoms with Crippen molar-refractivity contribution in [3.05, 3.63) is 64.8 Å². The maximum atomic E-state index is 13.2. The number of hydrogen-bond donors (Lipinski definition) is 0. The van der Waals surface area contributed by atoms with Gasteiger partial charge in [-0.15, -0.1) is 0 Å². The SMILES string of the molecule is Cc1ccc(Cl)cc1S(=O)(=O)N1CCCC(c2nc(-c3ccc(F)cc3)no2)C1. The smallest absolute Gasteiger partial charge is 0.243 e. The molecule has 0 N–H and O–H groups in total. The molecule has 1 atom stereocenters. The molecule has 29 heavy (non-hydrogen) atoms. The average molecular weight is 436 g/mol. The van der Waals surface area contributed by atoms with Crippen molar-refractivity contribution in [1.82, 2.24) is 14.4 Å². The number of nitrogens with zero attached hydrogens (tertiary/aromatic N) is 3. The average Bonchev–Trinajstić information content (AvgIpc) is 3.20. The fourth-order valence-corrected chi connectivity index (χ4v) is 5.48. The summed E-state index contributed by atoms with van der Waals surface area (Å²) < 4.78 is 46.3. The maximum Gasteiger partial charge on any atom is 0.243 e. The lowest BCUT2D eigenvalue weighted by Gasteiger charge is -2.30. The Morgan fingerprint density at radius 1 is 1.21 bits per heavy atom. The van der Waals surface area contributed by atoms with Gasteiger partial charge in [0.1, 0.15) is 5.82 Å². The van der Waals surface area contributed by atoms with E-state index in [4.69, 9.17) is 16.1 Å². The predicted octanol–water partition coefficient (Wildman–Crippen LogP) is 4.41. The van der Waals surface area contributed by atoms with Gasteiger partial charge in [0.15, 0.2) is 0 Å². The van der Waals surface area contributed by atoms with Crippen molar-refractivity contribution in [3.8, 4) is 11.4 Å². The van der Waals surface area contributed by atoms with E-state index in [1.165, 1.54) is 22.5 Å². The highest BCUT2D eigenvalue weighted by Crippen LogP contribution is 2.32. The van der Waals surface area contributed by atoms with Crippen LogP contribution in [0.1, 0.15) is 30.2 Å². The zero-order valence-corrected chi connectivity index (χ0v) is 17.3. The lowest BCUT2D eigenvalue weighted by atomic mass is 10.00. The normalized spacial score (nSPS) is 18.1. The Morgan fingerprint density at radius 2 is 1.97 bits per heavy atom. The molecule has 2 aromatic carbocycles. The van der Waals surface area contributed by atoms with E-state index in [0.29, 0.717) is 40.8 Å². The first-order valence-corrected chi connectivity index (χ1v) is 11.0. The lowest BCUT2D eigenvalue weighted by Crippen LogP contribution is -2.39. The van der Waals surface area contributed by atoms with E-state index in [1.54, 1.807) is 31.2 Å². The van der Waals surface area contributed by atoms with Gasteiger partial charge in [0.05, 0.1) is 10.8 Å². The van der Waals surface area contributed by atoms with Crippen LogP contribution in [0.4, 0.5) is 4.39 Å². The summed E-state index contributed by atoms with van der Waals surface area (Å²) in [5, 5.41) is 4.35. The molecule has 1 aliphatic heterocycles. The summed E-state index contributed by atoms with van der Waals surface area (Å²) >= 11 is 6.02. The Kier molecular flexibility index (Phi) is 5.42. The standard InChI is InChI=1S/C20H19ClFN3O3S/c1-13-4-7-16(21)11-18(13)29(26,27)25-10-2-3-15(12-25)20-23-19(24-28-20)14-5-8-17(22)9-6-14/h4-9,11,15H,2-3,10,12H2,1H3. The third-order valence-electron chi connectivity index (χ3n) is 5.05. The molecule has 3 aromatic rings. The van der Waals surface area contributed by atoms with Gasteiger partial charge in [-0.1, -0.05) is 22.8 Å². The van der Waals surface area contributed by atoms with Gasteiger partial charge in [-0.2, -0.15) is 9.29 Å². The van der Waals surface area contributed by atoms with Crippen LogP contribution >= 0.6 is 11.6 Å². The summed E-state index contributed by atoms with van der Waals surface area (Å²) in [5.41, 5.74) is 1.28. The summed E-state index contributed by atoms with van der Waals surface area (Å²) in [5.74, 6) is 0.180. The Hall–Kier alpha value is -2.29. The molecule has 0 radical (unpaired) electrons. The Labute approximate surface area is 173 Å². The van der Waals surface area contributed by atoms with Crippen LogP contribution in [0.15, 0.2) is 51.9 Å². The topological polar surface area (TPSA) is 76.3 Å². The van der Waals surface area contributed by atoms with E-state index in [-0.39, 0.29) is 23.2 Å². The van der Waals surface area contributed by atoms with Crippen LogP contribution in [0.5, 0.6) is 0 Å². The first-order valence-electron chi connectivity index (χ1n) is 9.20. The number of sulfonamides is 1. The van der Waals surface area contributed by atoms with Crippen LogP contribution < -0.4 is 0 Å². The molecule has 0 bridgehead atoms. The molecule has 4 rings (SSSR count). The van der Waals surface area contributed by atoms with E-state index in [9.17, 15) is 12.8 Å². The van der Waals surface area contributed by atoms with Gasteiger partial charge in [0.2, 0.25) is 21.7 Å². The summed E-state index contributed by atoms with van der Waals surface area (Å²) in [4.78, 5) is 4.62. The van der Waals surface area contributed by atoms with Crippen LogP contribution in [0.3, 0.4) is 0 Å². The molecule has 1 aliphatic rings. The van der Waals surface area contributed by atoms with Crippen molar-refractivity contribution in [1.29, 1.82) is 0 Å². The molecule has 9 heteroatoms. The molecule has 1 fully saturated rings. The van der Waals surface area contributed by atoms with Crippen molar-refractivity contribution in [3.63, 3.8) is 0 Å². The summed E-state index contributed by atoms with van der Waals surface area (Å²) in [6, 6.07) is 10.7. The Balaban J connectivity index is 1.57. The van der Waals surface area contributed by atoms with E-state index in [0.717, 1.165) is 6.42 Å². The van der Waals surface area contributed by atoms with Gasteiger partial charge in [-0.25, -0.2) is 12.8 Å². The van der Waals surface area contributed by atoms with Crippen molar-refractivity contribution in [2.75, 3.05) is 13.1 Å². The molecular weight excluding hydrogens is 417 g/mol.